The van der Waals surface area contributed by atoms with E-state index in [2.05, 4.69) is 29.0 Å². The normalized spacial score (nSPS) is 10.6. The number of nitriles is 1. The summed E-state index contributed by atoms with van der Waals surface area (Å²) in [5.74, 6) is 1.61. The van der Waals surface area contributed by atoms with E-state index in [0.29, 0.717) is 29.0 Å². The molecule has 0 aliphatic rings. The van der Waals surface area contributed by atoms with Crippen LogP contribution in [0.5, 0.6) is 0 Å². The van der Waals surface area contributed by atoms with Crippen molar-refractivity contribution in [3.05, 3.63) is 23.7 Å². The van der Waals surface area contributed by atoms with Gasteiger partial charge in [-0.3, -0.25) is 0 Å². The molecule has 82 valence electrons. The number of nitrogens with zero attached hydrogens (tertiary/aromatic N) is 3. The lowest BCUT2D eigenvalue weighted by atomic mass is 10.1. The molecule has 0 fully saturated rings. The van der Waals surface area contributed by atoms with Gasteiger partial charge in [0.1, 0.15) is 17.5 Å². The third-order valence-electron chi connectivity index (χ3n) is 2.10. The zero-order valence-electron chi connectivity index (χ0n) is 9.19. The van der Waals surface area contributed by atoms with Gasteiger partial charge in [-0.15, -0.1) is 0 Å². The maximum Gasteiger partial charge on any atom is 0.274 e. The first-order valence-corrected chi connectivity index (χ1v) is 5.11. The van der Waals surface area contributed by atoms with Gasteiger partial charge in [0.2, 0.25) is 0 Å². The third-order valence-corrected chi connectivity index (χ3v) is 2.10. The quantitative estimate of drug-likeness (QED) is 0.852. The fraction of sp³-hybridized carbons (Fsp3) is 0.364. The molecule has 2 aromatic rings. The smallest absolute Gasteiger partial charge is 0.274 e. The van der Waals surface area contributed by atoms with Gasteiger partial charge in [0.25, 0.3) is 5.89 Å². The zero-order valence-corrected chi connectivity index (χ0v) is 9.19. The predicted octanol–water partition coefficient (Wildman–Crippen LogP) is 2.13. The molecule has 0 atom stereocenters. The average molecular weight is 216 g/mol. The van der Waals surface area contributed by atoms with Gasteiger partial charge in [0.15, 0.2) is 5.82 Å². The van der Waals surface area contributed by atoms with Gasteiger partial charge < -0.3 is 9.51 Å². The summed E-state index contributed by atoms with van der Waals surface area (Å²) in [7, 11) is 0. The molecule has 5 nitrogen and oxygen atoms in total. The molecular weight excluding hydrogens is 204 g/mol. The van der Waals surface area contributed by atoms with Crippen molar-refractivity contribution in [3.63, 3.8) is 0 Å². The second kappa shape index (κ2) is 4.19. The van der Waals surface area contributed by atoms with E-state index in [4.69, 9.17) is 9.78 Å². The Morgan fingerprint density at radius 2 is 2.31 bits per heavy atom. The van der Waals surface area contributed by atoms with E-state index in [9.17, 15) is 0 Å². The molecule has 2 heterocycles. The highest BCUT2D eigenvalue weighted by molar-refractivity contribution is 5.49. The topological polar surface area (TPSA) is 78.5 Å². The molecular formula is C11H12N4O. The van der Waals surface area contributed by atoms with Crippen LogP contribution in [0.1, 0.15) is 25.4 Å². The number of hydrogen-bond acceptors (Lipinski definition) is 4. The Balaban J connectivity index is 2.21. The molecule has 0 unspecified atom stereocenters. The SMILES string of the molecule is CC(C)Cc1noc(-c2ccc(C#N)[nH]2)n1. The van der Waals surface area contributed by atoms with Crippen LogP contribution in [0.3, 0.4) is 0 Å². The Hall–Kier alpha value is -2.09. The van der Waals surface area contributed by atoms with Crippen molar-refractivity contribution in [3.8, 4) is 17.7 Å². The lowest BCUT2D eigenvalue weighted by Gasteiger charge is -1.95. The van der Waals surface area contributed by atoms with Crippen LogP contribution < -0.4 is 0 Å². The van der Waals surface area contributed by atoms with Crippen molar-refractivity contribution >= 4 is 0 Å². The minimum absolute atomic E-state index is 0.428. The van der Waals surface area contributed by atoms with Crippen molar-refractivity contribution < 1.29 is 4.52 Å². The number of hydrogen-bond donors (Lipinski definition) is 1. The van der Waals surface area contributed by atoms with Crippen LogP contribution in [0, 0.1) is 17.2 Å². The highest BCUT2D eigenvalue weighted by Crippen LogP contribution is 2.16. The third kappa shape index (κ3) is 2.11. The van der Waals surface area contributed by atoms with Crippen LogP contribution in [0.2, 0.25) is 0 Å². The predicted molar refractivity (Wildman–Crippen MR) is 57.3 cm³/mol. The molecule has 0 saturated carbocycles. The number of aromatic amines is 1. The molecule has 0 bridgehead atoms. The summed E-state index contributed by atoms with van der Waals surface area (Å²) in [5, 5.41) is 12.6. The largest absolute Gasteiger partial charge is 0.342 e. The van der Waals surface area contributed by atoms with Gasteiger partial charge in [-0.1, -0.05) is 19.0 Å². The highest BCUT2D eigenvalue weighted by atomic mass is 16.5. The first-order valence-electron chi connectivity index (χ1n) is 5.11. The lowest BCUT2D eigenvalue weighted by molar-refractivity contribution is 0.417. The summed E-state index contributed by atoms with van der Waals surface area (Å²) in [6, 6.07) is 5.45. The van der Waals surface area contributed by atoms with E-state index in [1.807, 2.05) is 6.07 Å². The molecule has 0 radical (unpaired) electrons. The van der Waals surface area contributed by atoms with E-state index in [1.54, 1.807) is 12.1 Å². The maximum absolute atomic E-state index is 8.67. The van der Waals surface area contributed by atoms with Crippen LogP contribution in [0.25, 0.3) is 11.6 Å². The molecule has 0 aliphatic heterocycles. The van der Waals surface area contributed by atoms with Crippen LogP contribution >= 0.6 is 0 Å². The van der Waals surface area contributed by atoms with Crippen molar-refractivity contribution in [2.45, 2.75) is 20.3 Å². The molecule has 0 aromatic carbocycles. The molecule has 0 aliphatic carbocycles. The number of H-pyrrole nitrogens is 1. The van der Waals surface area contributed by atoms with E-state index < -0.39 is 0 Å². The van der Waals surface area contributed by atoms with Crippen LogP contribution in [0.4, 0.5) is 0 Å². The van der Waals surface area contributed by atoms with Crippen molar-refractivity contribution in [2.24, 2.45) is 5.92 Å². The van der Waals surface area contributed by atoms with Crippen molar-refractivity contribution in [1.82, 2.24) is 15.1 Å². The molecule has 2 rings (SSSR count). The minimum atomic E-state index is 0.428. The minimum Gasteiger partial charge on any atom is -0.342 e. The van der Waals surface area contributed by atoms with Gasteiger partial charge in [0, 0.05) is 6.42 Å². The van der Waals surface area contributed by atoms with E-state index >= 15 is 0 Å². The Labute approximate surface area is 93.1 Å². The van der Waals surface area contributed by atoms with E-state index in [1.165, 1.54) is 0 Å². The lowest BCUT2D eigenvalue weighted by Crippen LogP contribution is -1.95. The fourth-order valence-corrected chi connectivity index (χ4v) is 1.40. The summed E-state index contributed by atoms with van der Waals surface area (Å²) in [4.78, 5) is 7.14. The second-order valence-electron chi connectivity index (χ2n) is 4.01. The van der Waals surface area contributed by atoms with E-state index in [-0.39, 0.29) is 0 Å². The standard InChI is InChI=1S/C11H12N4O/c1-7(2)5-10-14-11(16-15-10)9-4-3-8(6-12)13-9/h3-4,7,13H,5H2,1-2H3. The molecule has 0 amide bonds. The zero-order chi connectivity index (χ0) is 11.5. The van der Waals surface area contributed by atoms with Crippen LogP contribution in [-0.2, 0) is 6.42 Å². The number of nitrogens with one attached hydrogen (secondary N) is 1. The molecule has 0 spiro atoms. The van der Waals surface area contributed by atoms with Crippen LogP contribution in [0.15, 0.2) is 16.7 Å². The monoisotopic (exact) mass is 216 g/mol. The molecule has 5 heteroatoms. The summed E-state index contributed by atoms with van der Waals surface area (Å²) in [6.07, 6.45) is 0.787. The summed E-state index contributed by atoms with van der Waals surface area (Å²) in [5.41, 5.74) is 1.16. The molecule has 0 saturated heterocycles. The summed E-state index contributed by atoms with van der Waals surface area (Å²) < 4.78 is 5.11. The fourth-order valence-electron chi connectivity index (χ4n) is 1.40. The number of aromatic nitrogens is 3. The maximum atomic E-state index is 8.67. The first kappa shape index (κ1) is 10.4. The van der Waals surface area contributed by atoms with Gasteiger partial charge >= 0.3 is 0 Å². The highest BCUT2D eigenvalue weighted by Gasteiger charge is 2.11. The number of rotatable bonds is 3. The van der Waals surface area contributed by atoms with E-state index in [0.717, 1.165) is 6.42 Å². The van der Waals surface area contributed by atoms with Gasteiger partial charge in [-0.05, 0) is 18.1 Å². The molecule has 2 aromatic heterocycles. The Bertz CT molecular complexity index is 518. The Morgan fingerprint density at radius 3 is 2.94 bits per heavy atom. The molecule has 16 heavy (non-hydrogen) atoms. The van der Waals surface area contributed by atoms with Gasteiger partial charge in [-0.2, -0.15) is 10.2 Å². The summed E-state index contributed by atoms with van der Waals surface area (Å²) in [6.45, 7) is 4.19. The van der Waals surface area contributed by atoms with Crippen molar-refractivity contribution in [2.75, 3.05) is 0 Å². The average Bonchev–Trinajstić information content (AvgIpc) is 2.83. The van der Waals surface area contributed by atoms with Crippen LogP contribution in [-0.4, -0.2) is 15.1 Å². The Kier molecular flexibility index (Phi) is 2.73. The van der Waals surface area contributed by atoms with Gasteiger partial charge in [0.05, 0.1) is 0 Å². The second-order valence-corrected chi connectivity index (χ2v) is 4.01. The Morgan fingerprint density at radius 1 is 1.50 bits per heavy atom. The van der Waals surface area contributed by atoms with Crippen molar-refractivity contribution in [1.29, 1.82) is 5.26 Å². The summed E-state index contributed by atoms with van der Waals surface area (Å²) >= 11 is 0. The molecule has 1 N–H and O–H groups in total. The first-order chi connectivity index (χ1) is 7.69. The van der Waals surface area contributed by atoms with Gasteiger partial charge in [-0.25, -0.2) is 0 Å².